The third-order valence-electron chi connectivity index (χ3n) is 5.84. The van der Waals surface area contributed by atoms with Crippen LogP contribution in [0.25, 0.3) is 5.32 Å². The summed E-state index contributed by atoms with van der Waals surface area (Å²) in [5.41, 5.74) is 7.48. The molecule has 0 saturated heterocycles. The topological polar surface area (TPSA) is 148 Å². The normalized spacial score (nSPS) is 10.2. The van der Waals surface area contributed by atoms with Crippen molar-refractivity contribution in [1.82, 2.24) is 15.2 Å². The van der Waals surface area contributed by atoms with E-state index in [9.17, 15) is 9.59 Å². The zero-order valence-electron chi connectivity index (χ0n) is 23.7. The van der Waals surface area contributed by atoms with Gasteiger partial charge in [0.1, 0.15) is 17.4 Å². The average molecular weight is 604 g/mol. The van der Waals surface area contributed by atoms with Crippen LogP contribution in [0.5, 0.6) is 5.75 Å². The Morgan fingerprint density at radius 3 is 2.44 bits per heavy atom. The number of hydrogen-bond donors (Lipinski definition) is 4. The number of pyridine rings is 1. The molecule has 0 unspecified atom stereocenters. The molecule has 0 aliphatic heterocycles. The molecule has 0 aliphatic rings. The predicted octanol–water partition coefficient (Wildman–Crippen LogP) is 2.23. The third kappa shape index (κ3) is 11.7. The van der Waals surface area contributed by atoms with Crippen molar-refractivity contribution in [2.45, 2.75) is 25.7 Å². The Kier molecular flexibility index (Phi) is 15.3. The van der Waals surface area contributed by atoms with Gasteiger partial charge in [-0.2, -0.15) is 0 Å². The SMILES string of the molecule is CN(C)C(=N)c1ccc([N-]c2ccc(OCC(=O)NCCCCCCN)cc2C(=O)Nc2ccc(Cl)cn2)cc1.[K+]. The van der Waals surface area contributed by atoms with Crippen molar-refractivity contribution in [3.05, 3.63) is 82.3 Å². The van der Waals surface area contributed by atoms with Gasteiger partial charge in [0.2, 0.25) is 0 Å². The first kappa shape index (κ1) is 34.7. The molecule has 0 atom stereocenters. The number of nitrogens with zero attached hydrogens (tertiary/aromatic N) is 3. The molecule has 12 heteroatoms. The standard InChI is InChI=1S/C29H36ClN7O3.K/c1-37(2)28(32)20-7-10-22(11-8-20)35-25-13-12-23(40-19-27(38)33-16-6-4-3-5-15-31)17-24(25)29(39)36-26-14-9-21(30)18-34-26;/h7-14,17-18H,3-6,15-16,19,31H2,1-2H3,(H4,32,33,34,35,36,38,39);/q;+1/p-1. The summed E-state index contributed by atoms with van der Waals surface area (Å²) in [5.74, 6) is 0.351. The Morgan fingerprint density at radius 1 is 1.05 bits per heavy atom. The molecule has 5 N–H and O–H groups in total. The van der Waals surface area contributed by atoms with Gasteiger partial charge in [-0.3, -0.25) is 15.0 Å². The molecule has 10 nitrogen and oxygen atoms in total. The van der Waals surface area contributed by atoms with E-state index in [1.807, 2.05) is 0 Å². The van der Waals surface area contributed by atoms with Gasteiger partial charge in [0, 0.05) is 38.0 Å². The van der Waals surface area contributed by atoms with Gasteiger partial charge in [-0.05, 0) is 43.7 Å². The van der Waals surface area contributed by atoms with E-state index in [0.717, 1.165) is 31.2 Å². The van der Waals surface area contributed by atoms with E-state index in [1.165, 1.54) is 6.20 Å². The molecule has 1 heterocycles. The molecule has 0 aliphatic carbocycles. The van der Waals surface area contributed by atoms with Crippen LogP contribution in [0.15, 0.2) is 60.8 Å². The first-order valence-electron chi connectivity index (χ1n) is 13.0. The number of nitrogens with two attached hydrogens (primary N) is 1. The summed E-state index contributed by atoms with van der Waals surface area (Å²) in [5, 5.41) is 18.8. The number of rotatable bonds is 14. The maximum atomic E-state index is 13.2. The van der Waals surface area contributed by atoms with Crippen LogP contribution in [0.3, 0.4) is 0 Å². The molecule has 2 aromatic carbocycles. The minimum absolute atomic E-state index is 0. The predicted molar refractivity (Wildman–Crippen MR) is 159 cm³/mol. The first-order valence-corrected chi connectivity index (χ1v) is 13.4. The number of benzene rings is 2. The summed E-state index contributed by atoms with van der Waals surface area (Å²) in [6.07, 6.45) is 5.34. The summed E-state index contributed by atoms with van der Waals surface area (Å²) >= 11 is 5.91. The van der Waals surface area contributed by atoms with Crippen molar-refractivity contribution < 1.29 is 65.7 Å². The van der Waals surface area contributed by atoms with Crippen LogP contribution in [-0.2, 0) is 4.79 Å². The van der Waals surface area contributed by atoms with Crippen LogP contribution >= 0.6 is 11.6 Å². The number of amidine groups is 1. The van der Waals surface area contributed by atoms with E-state index in [4.69, 9.17) is 27.5 Å². The van der Waals surface area contributed by atoms with Gasteiger partial charge in [0.05, 0.1) is 5.02 Å². The number of hydrogen-bond acceptors (Lipinski definition) is 6. The number of unbranched alkanes of at least 4 members (excludes halogenated alkanes) is 3. The van der Waals surface area contributed by atoms with Crippen molar-refractivity contribution in [3.63, 3.8) is 0 Å². The molecule has 41 heavy (non-hydrogen) atoms. The molecule has 0 bridgehead atoms. The summed E-state index contributed by atoms with van der Waals surface area (Å²) < 4.78 is 5.68. The van der Waals surface area contributed by atoms with Crippen molar-refractivity contribution in [2.24, 2.45) is 5.73 Å². The van der Waals surface area contributed by atoms with Gasteiger partial charge in [-0.1, -0.05) is 54.8 Å². The monoisotopic (exact) mass is 603 g/mol. The fraction of sp³-hybridized carbons (Fsp3) is 0.310. The minimum Gasteiger partial charge on any atom is -0.657 e. The molecule has 0 saturated carbocycles. The number of aromatic nitrogens is 1. The van der Waals surface area contributed by atoms with E-state index >= 15 is 0 Å². The number of halogens is 1. The zero-order valence-corrected chi connectivity index (χ0v) is 27.6. The van der Waals surface area contributed by atoms with E-state index in [0.29, 0.717) is 46.9 Å². The molecule has 0 spiro atoms. The van der Waals surface area contributed by atoms with E-state index in [1.54, 1.807) is 73.6 Å². The minimum atomic E-state index is -0.452. The Balaban J connectivity index is 0.00000588. The molecule has 2 amide bonds. The Hall–Kier alpha value is -2.51. The molecule has 0 radical (unpaired) electrons. The summed E-state index contributed by atoms with van der Waals surface area (Å²) in [7, 11) is 3.61. The van der Waals surface area contributed by atoms with Gasteiger partial charge in [-0.15, -0.1) is 11.4 Å². The maximum Gasteiger partial charge on any atom is 1.00 e. The second kappa shape index (κ2) is 18.1. The van der Waals surface area contributed by atoms with Gasteiger partial charge < -0.3 is 31.3 Å². The third-order valence-corrected chi connectivity index (χ3v) is 6.07. The Bertz CT molecular complexity index is 1290. The molecular formula is C29H35ClKN7O3. The van der Waals surface area contributed by atoms with Crippen molar-refractivity contribution in [3.8, 4) is 5.75 Å². The van der Waals surface area contributed by atoms with Gasteiger partial charge in [0.15, 0.2) is 6.61 Å². The van der Waals surface area contributed by atoms with Crippen LogP contribution in [-0.4, -0.2) is 61.3 Å². The van der Waals surface area contributed by atoms with Crippen LogP contribution in [0, 0.1) is 5.41 Å². The number of nitrogens with one attached hydrogen (secondary N) is 3. The fourth-order valence-corrected chi connectivity index (χ4v) is 3.77. The molecule has 1 aromatic heterocycles. The maximum absolute atomic E-state index is 13.2. The zero-order chi connectivity index (χ0) is 28.9. The Morgan fingerprint density at radius 2 is 1.78 bits per heavy atom. The second-order valence-electron chi connectivity index (χ2n) is 9.24. The van der Waals surface area contributed by atoms with Crippen LogP contribution in [0.4, 0.5) is 17.2 Å². The van der Waals surface area contributed by atoms with E-state index in [-0.39, 0.29) is 69.5 Å². The van der Waals surface area contributed by atoms with E-state index in [2.05, 4.69) is 20.9 Å². The van der Waals surface area contributed by atoms with Crippen molar-refractivity contribution in [2.75, 3.05) is 39.1 Å². The van der Waals surface area contributed by atoms with Crippen LogP contribution < -0.4 is 72.5 Å². The van der Waals surface area contributed by atoms with Gasteiger partial charge >= 0.3 is 51.4 Å². The Labute approximate surface area is 288 Å². The molecule has 3 rings (SSSR count). The first-order chi connectivity index (χ1) is 19.3. The van der Waals surface area contributed by atoms with Gasteiger partial charge in [0.25, 0.3) is 11.8 Å². The van der Waals surface area contributed by atoms with E-state index < -0.39 is 5.91 Å². The van der Waals surface area contributed by atoms with Crippen LogP contribution in [0.2, 0.25) is 5.02 Å². The average Bonchev–Trinajstić information content (AvgIpc) is 2.95. The number of amides is 2. The fourth-order valence-electron chi connectivity index (χ4n) is 3.66. The summed E-state index contributed by atoms with van der Waals surface area (Å²) in [4.78, 5) is 31.3. The van der Waals surface area contributed by atoms with Gasteiger partial charge in [-0.25, -0.2) is 4.98 Å². The molecular weight excluding hydrogens is 569 g/mol. The number of carbonyl (C=O) groups excluding carboxylic acids is 2. The molecule has 212 valence electrons. The van der Waals surface area contributed by atoms with Crippen molar-refractivity contribution in [1.29, 1.82) is 5.41 Å². The molecule has 0 fully saturated rings. The smallest absolute Gasteiger partial charge is 0.657 e. The number of anilines is 1. The largest absolute Gasteiger partial charge is 1.00 e. The van der Waals surface area contributed by atoms with Crippen molar-refractivity contribution >= 4 is 46.4 Å². The van der Waals surface area contributed by atoms with Crippen LogP contribution in [0.1, 0.15) is 41.6 Å². The second-order valence-corrected chi connectivity index (χ2v) is 9.67. The number of ether oxygens (including phenoxy) is 1. The summed E-state index contributed by atoms with van der Waals surface area (Å²) in [6, 6.07) is 15.2. The summed E-state index contributed by atoms with van der Waals surface area (Å²) in [6.45, 7) is 1.06. The number of carbonyl (C=O) groups is 2. The quantitative estimate of drug-likeness (QED) is 0.0961. The molecule has 3 aromatic rings.